The molecule has 0 aliphatic heterocycles. The number of nitrogens with two attached hydrogens (primary N) is 1. The second-order valence-electron chi connectivity index (χ2n) is 5.69. The molecule has 1 unspecified atom stereocenters. The SMILES string of the molecule is CC(C)(C)CC(CN)C(=O)Nc1ccc(Cl)cc1. The third-order valence-electron chi connectivity index (χ3n) is 2.63. The monoisotopic (exact) mass is 268 g/mol. The smallest absolute Gasteiger partial charge is 0.228 e. The maximum Gasteiger partial charge on any atom is 0.228 e. The number of carbonyl (C=O) groups is 1. The van der Waals surface area contributed by atoms with E-state index in [4.69, 9.17) is 17.3 Å². The highest BCUT2D eigenvalue weighted by atomic mass is 35.5. The number of hydrogen-bond acceptors (Lipinski definition) is 2. The molecular weight excluding hydrogens is 248 g/mol. The average molecular weight is 269 g/mol. The maximum atomic E-state index is 12.1. The minimum atomic E-state index is -0.166. The van der Waals surface area contributed by atoms with Crippen molar-refractivity contribution >= 4 is 23.2 Å². The predicted octanol–water partition coefficient (Wildman–Crippen LogP) is 3.29. The third-order valence-corrected chi connectivity index (χ3v) is 2.88. The number of benzene rings is 1. The summed E-state index contributed by atoms with van der Waals surface area (Å²) in [5.41, 5.74) is 6.51. The van der Waals surface area contributed by atoms with E-state index >= 15 is 0 Å². The zero-order valence-electron chi connectivity index (χ0n) is 11.2. The molecule has 1 aromatic rings. The van der Waals surface area contributed by atoms with Crippen LogP contribution in [0.1, 0.15) is 27.2 Å². The number of anilines is 1. The minimum absolute atomic E-state index is 0.0326. The van der Waals surface area contributed by atoms with Gasteiger partial charge in [-0.1, -0.05) is 32.4 Å². The molecule has 0 heterocycles. The first-order valence-corrected chi connectivity index (χ1v) is 6.46. The van der Waals surface area contributed by atoms with E-state index < -0.39 is 0 Å². The number of rotatable bonds is 4. The van der Waals surface area contributed by atoms with Gasteiger partial charge >= 0.3 is 0 Å². The summed E-state index contributed by atoms with van der Waals surface area (Å²) in [4.78, 5) is 12.1. The Morgan fingerprint density at radius 3 is 2.33 bits per heavy atom. The lowest BCUT2D eigenvalue weighted by Gasteiger charge is -2.24. The Kier molecular flexibility index (Phi) is 5.17. The van der Waals surface area contributed by atoms with Crippen molar-refractivity contribution in [2.24, 2.45) is 17.1 Å². The summed E-state index contributed by atoms with van der Waals surface area (Å²) in [5.74, 6) is -0.199. The van der Waals surface area contributed by atoms with Crippen molar-refractivity contribution in [3.8, 4) is 0 Å². The largest absolute Gasteiger partial charge is 0.330 e. The van der Waals surface area contributed by atoms with E-state index in [0.717, 1.165) is 12.1 Å². The fraction of sp³-hybridized carbons (Fsp3) is 0.500. The molecule has 100 valence electrons. The molecule has 3 nitrogen and oxygen atoms in total. The van der Waals surface area contributed by atoms with Crippen LogP contribution >= 0.6 is 11.6 Å². The summed E-state index contributed by atoms with van der Waals surface area (Å²) in [5, 5.41) is 3.52. The van der Waals surface area contributed by atoms with Gasteiger partial charge in [0.05, 0.1) is 5.92 Å². The summed E-state index contributed by atoms with van der Waals surface area (Å²) in [6, 6.07) is 7.06. The molecule has 0 saturated carbocycles. The van der Waals surface area contributed by atoms with Gasteiger partial charge in [-0.15, -0.1) is 0 Å². The summed E-state index contributed by atoms with van der Waals surface area (Å²) in [7, 11) is 0. The summed E-state index contributed by atoms with van der Waals surface area (Å²) >= 11 is 5.79. The highest BCUT2D eigenvalue weighted by Gasteiger charge is 2.23. The first kappa shape index (κ1) is 15.0. The Hall–Kier alpha value is -1.06. The number of carbonyl (C=O) groups excluding carboxylic acids is 1. The Morgan fingerprint density at radius 2 is 1.89 bits per heavy atom. The fourth-order valence-corrected chi connectivity index (χ4v) is 1.93. The molecule has 1 amide bonds. The van der Waals surface area contributed by atoms with E-state index in [0.29, 0.717) is 11.6 Å². The van der Waals surface area contributed by atoms with Crippen LogP contribution in [0.4, 0.5) is 5.69 Å². The zero-order valence-corrected chi connectivity index (χ0v) is 11.9. The number of halogens is 1. The molecule has 0 bridgehead atoms. The van der Waals surface area contributed by atoms with E-state index in [1.165, 1.54) is 0 Å². The highest BCUT2D eigenvalue weighted by Crippen LogP contribution is 2.25. The van der Waals surface area contributed by atoms with Gasteiger partial charge < -0.3 is 11.1 Å². The molecule has 0 spiro atoms. The van der Waals surface area contributed by atoms with Crippen molar-refractivity contribution < 1.29 is 4.79 Å². The predicted molar refractivity (Wildman–Crippen MR) is 76.7 cm³/mol. The van der Waals surface area contributed by atoms with Crippen LogP contribution in [0.5, 0.6) is 0 Å². The van der Waals surface area contributed by atoms with E-state index in [9.17, 15) is 4.79 Å². The maximum absolute atomic E-state index is 12.1. The van der Waals surface area contributed by atoms with Gasteiger partial charge in [0, 0.05) is 17.3 Å². The fourth-order valence-electron chi connectivity index (χ4n) is 1.80. The van der Waals surface area contributed by atoms with Gasteiger partial charge in [0.1, 0.15) is 0 Å². The lowest BCUT2D eigenvalue weighted by molar-refractivity contribution is -0.120. The van der Waals surface area contributed by atoms with Gasteiger partial charge in [0.15, 0.2) is 0 Å². The first-order chi connectivity index (χ1) is 8.31. The molecule has 0 radical (unpaired) electrons. The van der Waals surface area contributed by atoms with Crippen LogP contribution in [-0.4, -0.2) is 12.5 Å². The van der Waals surface area contributed by atoms with Gasteiger partial charge in [-0.3, -0.25) is 4.79 Å². The third kappa shape index (κ3) is 5.07. The van der Waals surface area contributed by atoms with Crippen LogP contribution in [0, 0.1) is 11.3 Å². The molecule has 1 aromatic carbocycles. The van der Waals surface area contributed by atoms with Crippen molar-refractivity contribution in [2.75, 3.05) is 11.9 Å². The molecule has 0 saturated heterocycles. The van der Waals surface area contributed by atoms with Crippen LogP contribution in [0.15, 0.2) is 24.3 Å². The van der Waals surface area contributed by atoms with Crippen molar-refractivity contribution in [3.63, 3.8) is 0 Å². The topological polar surface area (TPSA) is 55.1 Å². The Labute approximate surface area is 114 Å². The molecule has 4 heteroatoms. The molecule has 0 aromatic heterocycles. The molecule has 0 aliphatic carbocycles. The molecule has 3 N–H and O–H groups in total. The van der Waals surface area contributed by atoms with Crippen LogP contribution in [0.3, 0.4) is 0 Å². The van der Waals surface area contributed by atoms with Crippen molar-refractivity contribution in [3.05, 3.63) is 29.3 Å². The molecule has 0 aliphatic rings. The van der Waals surface area contributed by atoms with E-state index in [-0.39, 0.29) is 17.2 Å². The van der Waals surface area contributed by atoms with Crippen LogP contribution in [0.2, 0.25) is 5.02 Å². The van der Waals surface area contributed by atoms with Gasteiger partial charge in [0.25, 0.3) is 0 Å². The molecule has 18 heavy (non-hydrogen) atoms. The van der Waals surface area contributed by atoms with Crippen LogP contribution < -0.4 is 11.1 Å². The van der Waals surface area contributed by atoms with Crippen LogP contribution in [-0.2, 0) is 4.79 Å². The molecular formula is C14H21ClN2O. The highest BCUT2D eigenvalue weighted by molar-refractivity contribution is 6.30. The lowest BCUT2D eigenvalue weighted by atomic mass is 9.84. The second kappa shape index (κ2) is 6.21. The Balaban J connectivity index is 2.65. The summed E-state index contributed by atoms with van der Waals surface area (Å²) in [6.07, 6.45) is 0.767. The standard InChI is InChI=1S/C14H21ClN2O/c1-14(2,3)8-10(9-16)13(18)17-12-6-4-11(15)5-7-12/h4-7,10H,8-9,16H2,1-3H3,(H,17,18). The average Bonchev–Trinajstić information content (AvgIpc) is 2.27. The van der Waals surface area contributed by atoms with Gasteiger partial charge in [-0.25, -0.2) is 0 Å². The number of hydrogen-bond donors (Lipinski definition) is 2. The van der Waals surface area contributed by atoms with Crippen molar-refractivity contribution in [1.82, 2.24) is 0 Å². The van der Waals surface area contributed by atoms with E-state index in [1.54, 1.807) is 24.3 Å². The quantitative estimate of drug-likeness (QED) is 0.880. The van der Waals surface area contributed by atoms with Crippen LogP contribution in [0.25, 0.3) is 0 Å². The van der Waals surface area contributed by atoms with Crippen molar-refractivity contribution in [2.45, 2.75) is 27.2 Å². The summed E-state index contributed by atoms with van der Waals surface area (Å²) in [6.45, 7) is 6.67. The van der Waals surface area contributed by atoms with E-state index in [2.05, 4.69) is 26.1 Å². The Bertz CT molecular complexity index is 395. The molecule has 0 fully saturated rings. The normalized spacial score (nSPS) is 13.2. The second-order valence-corrected chi connectivity index (χ2v) is 6.13. The summed E-state index contributed by atoms with van der Waals surface area (Å²) < 4.78 is 0. The molecule has 1 atom stereocenters. The zero-order chi connectivity index (χ0) is 13.8. The van der Waals surface area contributed by atoms with Gasteiger partial charge in [-0.2, -0.15) is 0 Å². The number of nitrogens with one attached hydrogen (secondary N) is 1. The first-order valence-electron chi connectivity index (χ1n) is 6.08. The number of amides is 1. The van der Waals surface area contributed by atoms with E-state index in [1.807, 2.05) is 0 Å². The lowest BCUT2D eigenvalue weighted by Crippen LogP contribution is -2.32. The van der Waals surface area contributed by atoms with Gasteiger partial charge in [-0.05, 0) is 36.1 Å². The minimum Gasteiger partial charge on any atom is -0.330 e. The Morgan fingerprint density at radius 1 is 1.33 bits per heavy atom. The van der Waals surface area contributed by atoms with Crippen molar-refractivity contribution in [1.29, 1.82) is 0 Å². The molecule has 1 rings (SSSR count). The van der Waals surface area contributed by atoms with Gasteiger partial charge in [0.2, 0.25) is 5.91 Å².